The van der Waals surface area contributed by atoms with E-state index in [0.29, 0.717) is 17.0 Å². The van der Waals surface area contributed by atoms with Crippen LogP contribution in [0.2, 0.25) is 0 Å². The highest BCUT2D eigenvalue weighted by atomic mass is 16.5. The molecule has 1 fully saturated rings. The fourth-order valence-electron chi connectivity index (χ4n) is 4.55. The standard InChI is InChI=1S/C28H33N9O/c1-3-17-38-24-9-7-23(8-10-24)36-15-13-35(14-16-36)12-11-34(2)25-19-26-31-27(33-37(26)28(30)32-25)22-6-4-5-21(18-22)20-29/h4-10,18-19H,3,11-17H2,1-2H3,(H2,30,32). The quantitative estimate of drug-likeness (QED) is 0.362. The van der Waals surface area contributed by atoms with E-state index in [1.807, 2.05) is 25.2 Å². The number of ether oxygens (including phenoxy) is 1. The zero-order valence-corrected chi connectivity index (χ0v) is 21.9. The summed E-state index contributed by atoms with van der Waals surface area (Å²) in [7, 11) is 2.02. The van der Waals surface area contributed by atoms with Crippen molar-refractivity contribution >= 4 is 23.1 Å². The van der Waals surface area contributed by atoms with Gasteiger partial charge in [-0.15, -0.1) is 5.10 Å². The first-order chi connectivity index (χ1) is 18.5. The maximum Gasteiger partial charge on any atom is 0.225 e. The van der Waals surface area contributed by atoms with E-state index in [-0.39, 0.29) is 5.95 Å². The van der Waals surface area contributed by atoms with E-state index in [1.54, 1.807) is 12.1 Å². The van der Waals surface area contributed by atoms with Crippen LogP contribution in [0.25, 0.3) is 17.0 Å². The van der Waals surface area contributed by atoms with Gasteiger partial charge < -0.3 is 20.3 Å². The van der Waals surface area contributed by atoms with Crippen LogP contribution in [-0.2, 0) is 0 Å². The Morgan fingerprint density at radius 1 is 1.05 bits per heavy atom. The molecule has 0 unspecified atom stereocenters. The molecule has 5 rings (SSSR count). The number of rotatable bonds is 9. The predicted octanol–water partition coefficient (Wildman–Crippen LogP) is 3.29. The number of nitrogen functional groups attached to an aromatic ring is 1. The van der Waals surface area contributed by atoms with Crippen molar-refractivity contribution in [3.63, 3.8) is 0 Å². The van der Waals surface area contributed by atoms with Gasteiger partial charge in [-0.1, -0.05) is 19.1 Å². The molecule has 0 amide bonds. The summed E-state index contributed by atoms with van der Waals surface area (Å²) >= 11 is 0. The van der Waals surface area contributed by atoms with Crippen molar-refractivity contribution in [3.8, 4) is 23.2 Å². The van der Waals surface area contributed by atoms with Crippen LogP contribution in [0, 0.1) is 11.3 Å². The third-order valence-corrected chi connectivity index (χ3v) is 6.78. The number of anilines is 3. The Morgan fingerprint density at radius 2 is 1.84 bits per heavy atom. The average Bonchev–Trinajstić information content (AvgIpc) is 3.40. The molecular formula is C28H33N9O. The summed E-state index contributed by atoms with van der Waals surface area (Å²) in [6.45, 7) is 8.61. The Kier molecular flexibility index (Phi) is 7.56. The van der Waals surface area contributed by atoms with E-state index in [0.717, 1.165) is 69.4 Å². The number of nitrogens with two attached hydrogens (primary N) is 1. The largest absolute Gasteiger partial charge is 0.494 e. The van der Waals surface area contributed by atoms with Crippen LogP contribution in [0.3, 0.4) is 0 Å². The summed E-state index contributed by atoms with van der Waals surface area (Å²) in [6, 6.07) is 19.7. The van der Waals surface area contributed by atoms with Crippen LogP contribution >= 0.6 is 0 Å². The lowest BCUT2D eigenvalue weighted by molar-refractivity contribution is 0.263. The van der Waals surface area contributed by atoms with Gasteiger partial charge in [0.1, 0.15) is 11.6 Å². The molecule has 2 aromatic heterocycles. The van der Waals surface area contributed by atoms with E-state index in [4.69, 9.17) is 10.5 Å². The topological polar surface area (TPSA) is 112 Å². The maximum absolute atomic E-state index is 9.19. The van der Waals surface area contributed by atoms with Gasteiger partial charge in [0.05, 0.1) is 18.2 Å². The van der Waals surface area contributed by atoms with Crippen LogP contribution in [0.4, 0.5) is 17.5 Å². The first-order valence-electron chi connectivity index (χ1n) is 13.0. The molecule has 2 aromatic carbocycles. The van der Waals surface area contributed by atoms with Crippen molar-refractivity contribution in [3.05, 3.63) is 60.2 Å². The highest BCUT2D eigenvalue weighted by Gasteiger charge is 2.19. The molecular weight excluding hydrogens is 478 g/mol. The van der Waals surface area contributed by atoms with Crippen molar-refractivity contribution in [2.45, 2.75) is 13.3 Å². The molecule has 196 valence electrons. The molecule has 1 saturated heterocycles. The highest BCUT2D eigenvalue weighted by Crippen LogP contribution is 2.23. The van der Waals surface area contributed by atoms with Gasteiger partial charge in [0, 0.05) is 63.6 Å². The number of piperazine rings is 1. The molecule has 1 aliphatic heterocycles. The number of nitriles is 1. The first kappa shape index (κ1) is 25.3. The van der Waals surface area contributed by atoms with Crippen molar-refractivity contribution in [2.24, 2.45) is 0 Å². The Hall–Kier alpha value is -4.36. The van der Waals surface area contributed by atoms with Crippen molar-refractivity contribution in [1.82, 2.24) is 24.5 Å². The minimum atomic E-state index is 0.277. The lowest BCUT2D eigenvalue weighted by atomic mass is 10.1. The minimum Gasteiger partial charge on any atom is -0.494 e. The zero-order valence-electron chi connectivity index (χ0n) is 21.9. The molecule has 0 saturated carbocycles. The summed E-state index contributed by atoms with van der Waals surface area (Å²) in [6.07, 6.45) is 1.01. The van der Waals surface area contributed by atoms with Crippen molar-refractivity contribution in [1.29, 1.82) is 5.26 Å². The molecule has 38 heavy (non-hydrogen) atoms. The number of hydrogen-bond donors (Lipinski definition) is 1. The minimum absolute atomic E-state index is 0.277. The molecule has 0 aliphatic carbocycles. The number of benzene rings is 2. The Bertz CT molecular complexity index is 1420. The van der Waals surface area contributed by atoms with Gasteiger partial charge in [-0.05, 0) is 42.8 Å². The van der Waals surface area contributed by atoms with Crippen LogP contribution in [0.1, 0.15) is 18.9 Å². The molecule has 0 atom stereocenters. The number of nitrogens with zero attached hydrogens (tertiary/aromatic N) is 8. The molecule has 10 nitrogen and oxygen atoms in total. The molecule has 3 heterocycles. The van der Waals surface area contributed by atoms with E-state index in [9.17, 15) is 5.26 Å². The smallest absolute Gasteiger partial charge is 0.225 e. The number of likely N-dealkylation sites (N-methyl/N-ethyl adjacent to an activating group) is 1. The monoisotopic (exact) mass is 511 g/mol. The highest BCUT2D eigenvalue weighted by molar-refractivity contribution is 5.63. The fourth-order valence-corrected chi connectivity index (χ4v) is 4.55. The number of fused-ring (bicyclic) bond motifs is 1. The third kappa shape index (κ3) is 5.63. The van der Waals surface area contributed by atoms with Crippen LogP contribution < -0.4 is 20.3 Å². The number of hydrogen-bond acceptors (Lipinski definition) is 9. The summed E-state index contributed by atoms with van der Waals surface area (Å²) in [5, 5.41) is 13.7. The zero-order chi connectivity index (χ0) is 26.5. The predicted molar refractivity (Wildman–Crippen MR) is 149 cm³/mol. The van der Waals surface area contributed by atoms with E-state index in [2.05, 4.69) is 67.0 Å². The number of aromatic nitrogens is 4. The van der Waals surface area contributed by atoms with Gasteiger partial charge in [-0.2, -0.15) is 14.8 Å². The molecule has 4 aromatic rings. The normalized spacial score (nSPS) is 14.0. The molecule has 1 aliphatic rings. The van der Waals surface area contributed by atoms with Crippen LogP contribution in [0.5, 0.6) is 5.75 Å². The second-order valence-electron chi connectivity index (χ2n) is 9.46. The van der Waals surface area contributed by atoms with Crippen molar-refractivity contribution < 1.29 is 4.74 Å². The van der Waals surface area contributed by atoms with Gasteiger partial charge in [-0.3, -0.25) is 4.90 Å². The Balaban J connectivity index is 1.17. The summed E-state index contributed by atoms with van der Waals surface area (Å²) < 4.78 is 7.24. The summed E-state index contributed by atoms with van der Waals surface area (Å²) in [4.78, 5) is 16.2. The van der Waals surface area contributed by atoms with Crippen molar-refractivity contribution in [2.75, 3.05) is 68.5 Å². The van der Waals surface area contributed by atoms with E-state index >= 15 is 0 Å². The van der Waals surface area contributed by atoms with E-state index < -0.39 is 0 Å². The second-order valence-corrected chi connectivity index (χ2v) is 9.46. The van der Waals surface area contributed by atoms with Gasteiger partial charge in [-0.25, -0.2) is 4.98 Å². The van der Waals surface area contributed by atoms with E-state index in [1.165, 1.54) is 10.2 Å². The molecule has 2 N–H and O–H groups in total. The molecule has 0 bridgehead atoms. The van der Waals surface area contributed by atoms with Gasteiger partial charge in [0.25, 0.3) is 0 Å². The second kappa shape index (κ2) is 11.4. The average molecular weight is 512 g/mol. The molecule has 0 radical (unpaired) electrons. The fraction of sp³-hybridized carbons (Fsp3) is 0.357. The van der Waals surface area contributed by atoms with Gasteiger partial charge in [0.15, 0.2) is 11.5 Å². The van der Waals surface area contributed by atoms with Gasteiger partial charge >= 0.3 is 0 Å². The van der Waals surface area contributed by atoms with Gasteiger partial charge in [0.2, 0.25) is 5.95 Å². The molecule has 0 spiro atoms. The lowest BCUT2D eigenvalue weighted by Crippen LogP contribution is -2.48. The summed E-state index contributed by atoms with van der Waals surface area (Å²) in [5.41, 5.74) is 9.42. The maximum atomic E-state index is 9.19. The Morgan fingerprint density at radius 3 is 2.58 bits per heavy atom. The first-order valence-corrected chi connectivity index (χ1v) is 13.0. The Labute approximate surface area is 222 Å². The van der Waals surface area contributed by atoms with Crippen LogP contribution in [-0.4, -0.2) is 77.4 Å². The lowest BCUT2D eigenvalue weighted by Gasteiger charge is -2.36. The molecule has 10 heteroatoms. The van der Waals surface area contributed by atoms with Crippen LogP contribution in [0.15, 0.2) is 54.6 Å². The SMILES string of the molecule is CCCOc1ccc(N2CCN(CCN(C)c3cc4nc(-c5cccc(C#N)c5)nn4c(N)n3)CC2)cc1. The summed E-state index contributed by atoms with van der Waals surface area (Å²) in [5.74, 6) is 2.47. The third-order valence-electron chi connectivity index (χ3n) is 6.78.